The zero-order valence-electron chi connectivity index (χ0n) is 16.6. The first-order valence-electron chi connectivity index (χ1n) is 9.93. The van der Waals surface area contributed by atoms with Crippen molar-refractivity contribution in [2.24, 2.45) is 0 Å². The predicted molar refractivity (Wildman–Crippen MR) is 114 cm³/mol. The van der Waals surface area contributed by atoms with E-state index in [1.54, 1.807) is 19.1 Å². The number of sulfonamides is 1. The molecule has 4 nitrogen and oxygen atoms in total. The average Bonchev–Trinajstić information content (AvgIpc) is 3.22. The van der Waals surface area contributed by atoms with E-state index in [-0.39, 0.29) is 12.3 Å². The van der Waals surface area contributed by atoms with Crippen molar-refractivity contribution >= 4 is 15.7 Å². The number of anilines is 1. The summed E-state index contributed by atoms with van der Waals surface area (Å²) in [5.41, 5.74) is 2.04. The molecule has 0 amide bonds. The first-order valence-corrected chi connectivity index (χ1v) is 11.6. The summed E-state index contributed by atoms with van der Waals surface area (Å²) in [5, 5.41) is 0. The van der Waals surface area contributed by atoms with E-state index in [2.05, 4.69) is 33.9 Å². The van der Waals surface area contributed by atoms with Gasteiger partial charge in [0.1, 0.15) is 5.67 Å². The van der Waals surface area contributed by atoms with Gasteiger partial charge in [0, 0.05) is 25.3 Å². The zero-order valence-corrected chi connectivity index (χ0v) is 17.4. The first kappa shape index (κ1) is 20.8. The summed E-state index contributed by atoms with van der Waals surface area (Å²) in [4.78, 5) is 2.39. The van der Waals surface area contributed by atoms with Crippen LogP contribution in [0, 0.1) is 0 Å². The van der Waals surface area contributed by atoms with Crippen molar-refractivity contribution < 1.29 is 12.8 Å². The number of nitrogens with zero attached hydrogens (tertiary/aromatic N) is 1. The van der Waals surface area contributed by atoms with Gasteiger partial charge in [-0.05, 0) is 55.0 Å². The van der Waals surface area contributed by atoms with Crippen LogP contribution in [-0.2, 0) is 15.7 Å². The van der Waals surface area contributed by atoms with E-state index < -0.39 is 15.7 Å². The molecule has 152 valence electrons. The minimum atomic E-state index is -3.43. The van der Waals surface area contributed by atoms with Gasteiger partial charge in [-0.3, -0.25) is 0 Å². The van der Waals surface area contributed by atoms with E-state index in [0.29, 0.717) is 12.0 Å². The van der Waals surface area contributed by atoms with E-state index in [9.17, 15) is 8.42 Å². The Kier molecular flexibility index (Phi) is 6.40. The summed E-state index contributed by atoms with van der Waals surface area (Å²) in [7, 11) is -3.43. The highest BCUT2D eigenvalue weighted by atomic mass is 32.2. The Balaban J connectivity index is 1.68. The SMILES string of the molecule is CCCS(=O)(=O)NCC(C)(F)c1ccc(-c2ccc(N3CCCC3)cc2)cc1. The summed E-state index contributed by atoms with van der Waals surface area (Å²) >= 11 is 0. The molecular formula is C22H29FN2O2S. The van der Waals surface area contributed by atoms with Crippen LogP contribution in [0.15, 0.2) is 48.5 Å². The minimum absolute atomic E-state index is 0.00937. The molecule has 6 heteroatoms. The van der Waals surface area contributed by atoms with Crippen LogP contribution < -0.4 is 9.62 Å². The summed E-state index contributed by atoms with van der Waals surface area (Å²) in [6.45, 7) is 5.15. The lowest BCUT2D eigenvalue weighted by molar-refractivity contribution is 0.196. The Hall–Kier alpha value is -1.92. The van der Waals surface area contributed by atoms with Crippen molar-refractivity contribution in [2.45, 2.75) is 38.8 Å². The first-order chi connectivity index (χ1) is 13.3. The molecule has 0 saturated carbocycles. The molecule has 0 aromatic heterocycles. The van der Waals surface area contributed by atoms with Gasteiger partial charge in [0.2, 0.25) is 10.0 Å². The third-order valence-corrected chi connectivity index (χ3v) is 6.79. The summed E-state index contributed by atoms with van der Waals surface area (Å²) in [5.74, 6) is 0.00937. The van der Waals surface area contributed by atoms with Crippen molar-refractivity contribution in [2.75, 3.05) is 30.3 Å². The third-order valence-electron chi connectivity index (χ3n) is 5.26. The highest BCUT2D eigenvalue weighted by molar-refractivity contribution is 7.89. The Bertz CT molecular complexity index is 872. The van der Waals surface area contributed by atoms with E-state index in [1.807, 2.05) is 12.1 Å². The normalized spacial score (nSPS) is 16.9. The van der Waals surface area contributed by atoms with Gasteiger partial charge in [-0.2, -0.15) is 0 Å². The number of nitrogens with one attached hydrogen (secondary N) is 1. The molecule has 0 spiro atoms. The van der Waals surface area contributed by atoms with E-state index in [4.69, 9.17) is 0 Å². The summed E-state index contributed by atoms with van der Waals surface area (Å²) in [6.07, 6.45) is 3.00. The topological polar surface area (TPSA) is 49.4 Å². The van der Waals surface area contributed by atoms with Crippen molar-refractivity contribution in [3.8, 4) is 11.1 Å². The van der Waals surface area contributed by atoms with Gasteiger partial charge in [0.15, 0.2) is 0 Å². The number of hydrogen-bond donors (Lipinski definition) is 1. The number of benzene rings is 2. The third kappa shape index (κ3) is 5.11. The maximum absolute atomic E-state index is 15.0. The smallest absolute Gasteiger partial charge is 0.211 e. The molecule has 2 aromatic carbocycles. The zero-order chi connectivity index (χ0) is 20.2. The molecule has 28 heavy (non-hydrogen) atoms. The van der Waals surface area contributed by atoms with Crippen molar-refractivity contribution in [1.29, 1.82) is 0 Å². The lowest BCUT2D eigenvalue weighted by Crippen LogP contribution is -2.36. The Morgan fingerprint density at radius 3 is 2.07 bits per heavy atom. The predicted octanol–water partition coefficient (Wildman–Crippen LogP) is 4.47. The van der Waals surface area contributed by atoms with Crippen LogP contribution in [0.4, 0.5) is 10.1 Å². The molecule has 0 aliphatic carbocycles. The van der Waals surface area contributed by atoms with E-state index in [1.165, 1.54) is 25.5 Å². The Morgan fingerprint density at radius 1 is 1.00 bits per heavy atom. The lowest BCUT2D eigenvalue weighted by atomic mass is 9.95. The molecule has 3 rings (SSSR count). The molecule has 1 aliphatic heterocycles. The second kappa shape index (κ2) is 8.62. The fourth-order valence-electron chi connectivity index (χ4n) is 3.54. The number of halogens is 1. The second-order valence-electron chi connectivity index (χ2n) is 7.66. The maximum Gasteiger partial charge on any atom is 0.211 e. The van der Waals surface area contributed by atoms with Crippen molar-refractivity contribution in [3.63, 3.8) is 0 Å². The lowest BCUT2D eigenvalue weighted by Gasteiger charge is -2.22. The average molecular weight is 405 g/mol. The molecule has 1 fully saturated rings. The molecule has 1 atom stereocenters. The second-order valence-corrected chi connectivity index (χ2v) is 9.58. The molecule has 1 N–H and O–H groups in total. The van der Waals surface area contributed by atoms with Gasteiger partial charge in [-0.15, -0.1) is 0 Å². The van der Waals surface area contributed by atoms with Gasteiger partial charge >= 0.3 is 0 Å². The van der Waals surface area contributed by atoms with E-state index >= 15 is 4.39 Å². The molecule has 1 aliphatic rings. The summed E-state index contributed by atoms with van der Waals surface area (Å²) in [6, 6.07) is 15.7. The fraction of sp³-hybridized carbons (Fsp3) is 0.455. The molecule has 0 radical (unpaired) electrons. The number of rotatable bonds is 8. The quantitative estimate of drug-likeness (QED) is 0.706. The maximum atomic E-state index is 15.0. The van der Waals surface area contributed by atoms with Crippen LogP contribution >= 0.6 is 0 Å². The Morgan fingerprint density at radius 2 is 1.54 bits per heavy atom. The van der Waals surface area contributed by atoms with E-state index in [0.717, 1.165) is 24.2 Å². The van der Waals surface area contributed by atoms with Gasteiger partial charge in [-0.25, -0.2) is 17.5 Å². The largest absolute Gasteiger partial charge is 0.372 e. The molecule has 2 aromatic rings. The molecule has 0 bridgehead atoms. The summed E-state index contributed by atoms with van der Waals surface area (Å²) < 4.78 is 41.0. The van der Waals surface area contributed by atoms with Gasteiger partial charge in [0.25, 0.3) is 0 Å². The molecule has 1 unspecified atom stereocenters. The minimum Gasteiger partial charge on any atom is -0.372 e. The van der Waals surface area contributed by atoms with Crippen LogP contribution in [0.25, 0.3) is 11.1 Å². The van der Waals surface area contributed by atoms with Crippen LogP contribution in [0.1, 0.15) is 38.7 Å². The van der Waals surface area contributed by atoms with Crippen LogP contribution in [0.2, 0.25) is 0 Å². The molecule has 1 heterocycles. The molecular weight excluding hydrogens is 375 g/mol. The van der Waals surface area contributed by atoms with Crippen LogP contribution in [0.3, 0.4) is 0 Å². The highest BCUT2D eigenvalue weighted by Crippen LogP contribution is 2.29. The fourth-order valence-corrected chi connectivity index (χ4v) is 4.71. The van der Waals surface area contributed by atoms with Crippen LogP contribution in [0.5, 0.6) is 0 Å². The van der Waals surface area contributed by atoms with Gasteiger partial charge in [-0.1, -0.05) is 43.3 Å². The number of alkyl halides is 1. The number of hydrogen-bond acceptors (Lipinski definition) is 3. The van der Waals surface area contributed by atoms with Gasteiger partial charge in [0.05, 0.1) is 5.75 Å². The standard InChI is InChI=1S/C22H29FN2O2S/c1-3-16-28(26,27)24-17-22(2,23)20-10-6-18(7-11-20)19-8-12-21(13-9-19)25-14-4-5-15-25/h6-13,24H,3-5,14-17H2,1-2H3. The van der Waals surface area contributed by atoms with Crippen molar-refractivity contribution in [3.05, 3.63) is 54.1 Å². The highest BCUT2D eigenvalue weighted by Gasteiger charge is 2.27. The Labute approximate surface area is 167 Å². The van der Waals surface area contributed by atoms with Gasteiger partial charge < -0.3 is 4.90 Å². The van der Waals surface area contributed by atoms with Crippen LogP contribution in [-0.4, -0.2) is 33.8 Å². The molecule has 1 saturated heterocycles. The monoisotopic (exact) mass is 404 g/mol. The van der Waals surface area contributed by atoms with Crippen molar-refractivity contribution in [1.82, 2.24) is 4.72 Å².